The van der Waals surface area contributed by atoms with Crippen LogP contribution in [0.15, 0.2) is 115 Å². The van der Waals surface area contributed by atoms with Crippen molar-refractivity contribution in [2.75, 3.05) is 6.61 Å². The van der Waals surface area contributed by atoms with Crippen molar-refractivity contribution in [3.63, 3.8) is 0 Å². The van der Waals surface area contributed by atoms with Gasteiger partial charge in [-0.2, -0.15) is 0 Å². The minimum atomic E-state index is -1.78. The normalized spacial score (nSPS) is 17.5. The van der Waals surface area contributed by atoms with E-state index >= 15 is 0 Å². The fourth-order valence-electron chi connectivity index (χ4n) is 4.89. The Morgan fingerprint density at radius 3 is 2.02 bits per heavy atom. The maximum Gasteiger partial charge on any atom is 0.343 e. The number of aromatic nitrogens is 3. The van der Waals surface area contributed by atoms with Crippen LogP contribution in [0.1, 0.15) is 44.2 Å². The highest BCUT2D eigenvalue weighted by molar-refractivity contribution is 14.1. The van der Waals surface area contributed by atoms with Crippen molar-refractivity contribution in [3.05, 3.63) is 140 Å². The van der Waals surface area contributed by atoms with Crippen LogP contribution in [0.2, 0.25) is 5.15 Å². The van der Waals surface area contributed by atoms with Gasteiger partial charge in [0.1, 0.15) is 17.1 Å². The quantitative estimate of drug-likeness (QED) is 0.0738. The number of rotatable bonds is 8. The second-order valence-corrected chi connectivity index (χ2v) is 11.6. The van der Waals surface area contributed by atoms with Crippen LogP contribution in [0.25, 0.3) is 11.0 Å². The lowest BCUT2D eigenvalue weighted by molar-refractivity contribution is -0.0892. The molecule has 5 aromatic rings. The second kappa shape index (κ2) is 12.7. The van der Waals surface area contributed by atoms with E-state index in [1.165, 1.54) is 6.33 Å². The van der Waals surface area contributed by atoms with Crippen LogP contribution in [0.4, 0.5) is 0 Å². The molecule has 0 amide bonds. The van der Waals surface area contributed by atoms with Crippen LogP contribution in [-0.4, -0.2) is 44.7 Å². The van der Waals surface area contributed by atoms with Crippen LogP contribution < -0.4 is 0 Å². The Kier molecular flexibility index (Phi) is 8.55. The van der Waals surface area contributed by atoms with E-state index in [0.717, 1.165) is 0 Å². The summed E-state index contributed by atoms with van der Waals surface area (Å²) in [5.41, 5.74) is -0.592. The Hall–Kier alpha value is -4.75. The van der Waals surface area contributed by atoms with Crippen molar-refractivity contribution in [3.8, 4) is 0 Å². The van der Waals surface area contributed by atoms with Crippen LogP contribution in [0.3, 0.4) is 0 Å². The van der Waals surface area contributed by atoms with Crippen molar-refractivity contribution in [2.24, 2.45) is 0 Å². The van der Waals surface area contributed by atoms with Crippen LogP contribution >= 0.6 is 34.2 Å². The summed E-state index contributed by atoms with van der Waals surface area (Å²) in [6, 6.07) is 25.1. The highest BCUT2D eigenvalue weighted by Crippen LogP contribution is 2.47. The van der Waals surface area contributed by atoms with Gasteiger partial charge < -0.3 is 18.9 Å². The number of nitrogens with zero attached hydrogens (tertiary/aromatic N) is 3. The molecule has 2 aromatic heterocycles. The van der Waals surface area contributed by atoms with Gasteiger partial charge in [-0.3, -0.25) is 4.57 Å². The van der Waals surface area contributed by atoms with Crippen LogP contribution in [0.5, 0.6) is 0 Å². The zero-order chi connectivity index (χ0) is 31.6. The van der Waals surface area contributed by atoms with Gasteiger partial charge in [0.2, 0.25) is 11.8 Å². The van der Waals surface area contributed by atoms with Crippen molar-refractivity contribution in [2.45, 2.75) is 18.8 Å². The fraction of sp³-hybridized carbons (Fsp3) is 0.121. The van der Waals surface area contributed by atoms with Gasteiger partial charge in [-0.1, -0.05) is 66.2 Å². The van der Waals surface area contributed by atoms with Gasteiger partial charge in [-0.05, 0) is 65.9 Å². The number of benzene rings is 3. The molecule has 0 spiro atoms. The van der Waals surface area contributed by atoms with E-state index in [4.69, 9.17) is 30.5 Å². The molecule has 45 heavy (non-hydrogen) atoms. The summed E-state index contributed by atoms with van der Waals surface area (Å²) in [5.74, 6) is -2.26. The average Bonchev–Trinajstić information content (AvgIpc) is 3.54. The summed E-state index contributed by atoms with van der Waals surface area (Å²) in [6.07, 6.45) is 1.83. The Labute approximate surface area is 275 Å². The summed E-state index contributed by atoms with van der Waals surface area (Å²) < 4.78 is 26.4. The van der Waals surface area contributed by atoms with E-state index in [-0.39, 0.29) is 27.8 Å². The molecule has 1 unspecified atom stereocenters. The molecule has 1 aliphatic rings. The first-order chi connectivity index (χ1) is 21.8. The third kappa shape index (κ3) is 6.00. The number of carbonyl (C=O) groups excluding carboxylic acids is 3. The highest BCUT2D eigenvalue weighted by Gasteiger charge is 2.55. The SMILES string of the molecule is CC1(OC(=O)c2ccccc2)C(OC(=O)c2ccccc2)=C(COC(=O)c2ccccc2)O[C@H]1n1cc(I)c2c(Cl)ncnc21. The number of ether oxygens (including phenoxy) is 4. The molecule has 0 N–H and O–H groups in total. The molecule has 0 radical (unpaired) electrons. The first kappa shape index (κ1) is 30.3. The largest absolute Gasteiger partial charge is 0.462 e. The minimum absolute atomic E-state index is 0.0334. The molecule has 10 nitrogen and oxygen atoms in total. The van der Waals surface area contributed by atoms with Gasteiger partial charge in [0, 0.05) is 9.77 Å². The molecule has 6 rings (SSSR count). The van der Waals surface area contributed by atoms with E-state index < -0.39 is 36.3 Å². The van der Waals surface area contributed by atoms with Crippen LogP contribution in [0, 0.1) is 3.57 Å². The van der Waals surface area contributed by atoms with E-state index in [0.29, 0.717) is 20.2 Å². The number of hydrogen-bond acceptors (Lipinski definition) is 9. The molecular weight excluding hydrogens is 713 g/mol. The third-order valence-electron chi connectivity index (χ3n) is 7.06. The van der Waals surface area contributed by atoms with E-state index in [9.17, 15) is 14.4 Å². The molecule has 0 saturated carbocycles. The summed E-state index contributed by atoms with van der Waals surface area (Å²) in [7, 11) is 0. The summed E-state index contributed by atoms with van der Waals surface area (Å²) in [5, 5.41) is 0.761. The molecule has 12 heteroatoms. The molecule has 3 aromatic carbocycles. The number of fused-ring (bicyclic) bond motifs is 1. The Morgan fingerprint density at radius 1 is 0.867 bits per heavy atom. The summed E-state index contributed by atoms with van der Waals surface area (Å²) in [6.45, 7) is 1.12. The maximum absolute atomic E-state index is 13.6. The van der Waals surface area contributed by atoms with Crippen molar-refractivity contribution >= 4 is 63.1 Å². The molecular formula is C33H23ClIN3O7. The van der Waals surface area contributed by atoms with Gasteiger partial charge in [0.15, 0.2) is 18.1 Å². The smallest absolute Gasteiger partial charge is 0.343 e. The molecule has 226 valence electrons. The number of halogens is 2. The lowest BCUT2D eigenvalue weighted by Gasteiger charge is -2.32. The maximum atomic E-state index is 13.6. The molecule has 0 bridgehead atoms. The van der Waals surface area contributed by atoms with Crippen molar-refractivity contribution in [1.82, 2.24) is 14.5 Å². The first-order valence-electron chi connectivity index (χ1n) is 13.6. The molecule has 3 heterocycles. The molecule has 0 saturated heterocycles. The number of carbonyl (C=O) groups is 3. The van der Waals surface area contributed by atoms with Crippen LogP contribution in [-0.2, 0) is 18.9 Å². The van der Waals surface area contributed by atoms with Crippen molar-refractivity contribution < 1.29 is 33.3 Å². The molecule has 2 atom stereocenters. The molecule has 0 aliphatic carbocycles. The molecule has 1 aliphatic heterocycles. The summed E-state index contributed by atoms with van der Waals surface area (Å²) in [4.78, 5) is 48.4. The van der Waals surface area contributed by atoms with E-state index in [1.54, 1.807) is 109 Å². The predicted octanol–water partition coefficient (Wildman–Crippen LogP) is 6.76. The Balaban J connectivity index is 1.46. The topological polar surface area (TPSA) is 119 Å². The predicted molar refractivity (Wildman–Crippen MR) is 171 cm³/mol. The zero-order valence-corrected chi connectivity index (χ0v) is 26.5. The lowest BCUT2D eigenvalue weighted by atomic mass is 10.0. The van der Waals surface area contributed by atoms with Gasteiger partial charge in [0.25, 0.3) is 0 Å². The Morgan fingerprint density at radius 2 is 1.42 bits per heavy atom. The highest BCUT2D eigenvalue weighted by atomic mass is 127. The van der Waals surface area contributed by atoms with Gasteiger partial charge in [-0.25, -0.2) is 24.4 Å². The average molecular weight is 736 g/mol. The minimum Gasteiger partial charge on any atom is -0.462 e. The molecule has 0 fully saturated rings. The lowest BCUT2D eigenvalue weighted by Crippen LogP contribution is -2.41. The monoisotopic (exact) mass is 735 g/mol. The Bertz CT molecular complexity index is 1930. The number of esters is 3. The third-order valence-corrected chi connectivity index (χ3v) is 8.17. The van der Waals surface area contributed by atoms with Gasteiger partial charge in [0.05, 0.1) is 22.1 Å². The number of hydrogen-bond donors (Lipinski definition) is 0. The van der Waals surface area contributed by atoms with Gasteiger partial charge in [-0.15, -0.1) is 0 Å². The second-order valence-electron chi connectivity index (χ2n) is 10.0. The standard InChI is InChI=1S/C33H23ClIN3O7/c1-33(45-31(41)22-15-9-4-10-16-22)26(44-30(40)21-13-7-3-8-14-21)24(18-42-29(39)20-11-5-2-6-12-20)43-32(33)38-17-23(35)25-27(34)36-19-37-28(25)38/h2-17,19,32H,18H2,1H3/t32-,33?/m1/s1. The van der Waals surface area contributed by atoms with E-state index in [1.807, 2.05) is 0 Å². The fourth-order valence-corrected chi connectivity index (χ4v) is 6.08. The van der Waals surface area contributed by atoms with E-state index in [2.05, 4.69) is 32.6 Å². The first-order valence-corrected chi connectivity index (χ1v) is 15.1. The van der Waals surface area contributed by atoms with Crippen molar-refractivity contribution in [1.29, 1.82) is 0 Å². The zero-order valence-electron chi connectivity index (χ0n) is 23.6. The summed E-state index contributed by atoms with van der Waals surface area (Å²) >= 11 is 8.51. The van der Waals surface area contributed by atoms with Gasteiger partial charge >= 0.3 is 17.9 Å².